The molecule has 1 atom stereocenters. The van der Waals surface area contributed by atoms with Gasteiger partial charge in [0, 0.05) is 13.1 Å². The number of aryl methyl sites for hydroxylation is 1. The lowest BCUT2D eigenvalue weighted by atomic mass is 10.0. The van der Waals surface area contributed by atoms with Crippen molar-refractivity contribution in [3.8, 4) is 0 Å². The van der Waals surface area contributed by atoms with Gasteiger partial charge in [-0.1, -0.05) is 61.5 Å². The zero-order valence-corrected chi connectivity index (χ0v) is 16.6. The first-order chi connectivity index (χ1) is 13.0. The van der Waals surface area contributed by atoms with Gasteiger partial charge < -0.3 is 10.2 Å². The van der Waals surface area contributed by atoms with E-state index in [9.17, 15) is 9.59 Å². The molecule has 0 aliphatic carbocycles. The van der Waals surface area contributed by atoms with Crippen molar-refractivity contribution in [3.05, 3.63) is 71.3 Å². The lowest BCUT2D eigenvalue weighted by molar-refractivity contribution is -0.139. The van der Waals surface area contributed by atoms with Gasteiger partial charge in [0.05, 0.1) is 6.42 Å². The van der Waals surface area contributed by atoms with Gasteiger partial charge in [0.15, 0.2) is 0 Å². The second-order valence-corrected chi connectivity index (χ2v) is 6.89. The van der Waals surface area contributed by atoms with Crippen LogP contribution in [-0.4, -0.2) is 35.8 Å². The zero-order valence-electron chi connectivity index (χ0n) is 16.6. The first-order valence-electron chi connectivity index (χ1n) is 9.68. The molecule has 0 saturated carbocycles. The van der Waals surface area contributed by atoms with E-state index in [0.717, 1.165) is 29.5 Å². The first-order valence-corrected chi connectivity index (χ1v) is 9.68. The Morgan fingerprint density at radius 1 is 1.04 bits per heavy atom. The Kier molecular flexibility index (Phi) is 8.05. The summed E-state index contributed by atoms with van der Waals surface area (Å²) in [4.78, 5) is 27.2. The minimum atomic E-state index is -0.489. The Morgan fingerprint density at radius 2 is 1.70 bits per heavy atom. The second-order valence-electron chi connectivity index (χ2n) is 6.89. The molecule has 0 saturated heterocycles. The molecule has 4 heteroatoms. The number of amides is 2. The quantitative estimate of drug-likeness (QED) is 0.738. The molecule has 2 amide bonds. The van der Waals surface area contributed by atoms with Crippen molar-refractivity contribution in [1.29, 1.82) is 0 Å². The molecule has 1 N–H and O–H groups in total. The third kappa shape index (κ3) is 6.24. The van der Waals surface area contributed by atoms with Gasteiger partial charge >= 0.3 is 0 Å². The number of nitrogens with one attached hydrogen (secondary N) is 1. The molecule has 0 bridgehead atoms. The molecule has 0 spiro atoms. The predicted octanol–water partition coefficient (Wildman–Crippen LogP) is 3.52. The maximum atomic E-state index is 13.1. The van der Waals surface area contributed by atoms with Crippen molar-refractivity contribution in [2.24, 2.45) is 0 Å². The minimum absolute atomic E-state index is 0.0145. The molecule has 0 fully saturated rings. The molecule has 2 rings (SSSR count). The summed E-state index contributed by atoms with van der Waals surface area (Å²) >= 11 is 0. The fourth-order valence-corrected chi connectivity index (χ4v) is 3.04. The van der Waals surface area contributed by atoms with Crippen LogP contribution in [0.4, 0.5) is 0 Å². The minimum Gasteiger partial charge on any atom is -0.354 e. The molecule has 144 valence electrons. The first kappa shape index (κ1) is 20.7. The fourth-order valence-electron chi connectivity index (χ4n) is 3.04. The smallest absolute Gasteiger partial charge is 0.242 e. The molecule has 0 aliphatic heterocycles. The molecule has 0 heterocycles. The molecular formula is C23H30N2O2. The molecule has 2 aromatic carbocycles. The van der Waals surface area contributed by atoms with Crippen LogP contribution in [-0.2, 0) is 22.4 Å². The molecule has 0 unspecified atom stereocenters. The van der Waals surface area contributed by atoms with Crippen molar-refractivity contribution >= 4 is 11.8 Å². The number of hydrogen-bond acceptors (Lipinski definition) is 2. The summed E-state index contributed by atoms with van der Waals surface area (Å²) in [6.07, 6.45) is 1.91. The summed E-state index contributed by atoms with van der Waals surface area (Å²) in [5, 5.41) is 2.91. The van der Waals surface area contributed by atoms with Crippen LogP contribution in [0.3, 0.4) is 0 Å². The van der Waals surface area contributed by atoms with Crippen molar-refractivity contribution in [2.75, 3.05) is 13.1 Å². The van der Waals surface area contributed by atoms with E-state index in [0.29, 0.717) is 19.5 Å². The van der Waals surface area contributed by atoms with Gasteiger partial charge in [-0.05, 0) is 43.4 Å². The van der Waals surface area contributed by atoms with E-state index in [4.69, 9.17) is 0 Å². The van der Waals surface area contributed by atoms with Gasteiger partial charge in [-0.15, -0.1) is 0 Å². The third-order valence-corrected chi connectivity index (χ3v) is 4.80. The van der Waals surface area contributed by atoms with Crippen molar-refractivity contribution in [3.63, 3.8) is 0 Å². The summed E-state index contributed by atoms with van der Waals surface area (Å²) in [5.41, 5.74) is 3.26. The molecule has 27 heavy (non-hydrogen) atoms. The molecule has 0 aromatic heterocycles. The van der Waals surface area contributed by atoms with E-state index in [2.05, 4.69) is 5.32 Å². The standard InChI is InChI=1S/C23H30N2O2/c1-4-15-24-23(27)19(3)25(16-14-20-11-6-5-7-12-20)22(26)17-21-13-9-8-10-18(21)2/h5-13,19H,4,14-17H2,1-3H3,(H,24,27)/t19-/m0/s1. The average molecular weight is 367 g/mol. The van der Waals surface area contributed by atoms with Gasteiger partial charge in [-0.2, -0.15) is 0 Å². The van der Waals surface area contributed by atoms with Crippen LogP contribution in [0.15, 0.2) is 54.6 Å². The van der Waals surface area contributed by atoms with Gasteiger partial charge in [0.25, 0.3) is 0 Å². The van der Waals surface area contributed by atoms with E-state index >= 15 is 0 Å². The molecular weight excluding hydrogens is 336 g/mol. The van der Waals surface area contributed by atoms with Crippen LogP contribution < -0.4 is 5.32 Å². The van der Waals surface area contributed by atoms with Gasteiger partial charge in [0.1, 0.15) is 6.04 Å². The number of benzene rings is 2. The number of nitrogens with zero attached hydrogens (tertiary/aromatic N) is 1. The van der Waals surface area contributed by atoms with Crippen LogP contribution >= 0.6 is 0 Å². The Hall–Kier alpha value is -2.62. The van der Waals surface area contributed by atoms with Crippen LogP contribution in [0.5, 0.6) is 0 Å². The summed E-state index contributed by atoms with van der Waals surface area (Å²) in [6, 6.07) is 17.5. The third-order valence-electron chi connectivity index (χ3n) is 4.80. The van der Waals surface area contributed by atoms with Crippen LogP contribution in [0.2, 0.25) is 0 Å². The van der Waals surface area contributed by atoms with E-state index in [1.54, 1.807) is 4.90 Å². The second kappa shape index (κ2) is 10.5. The monoisotopic (exact) mass is 366 g/mol. The van der Waals surface area contributed by atoms with E-state index in [1.165, 1.54) is 0 Å². The van der Waals surface area contributed by atoms with E-state index < -0.39 is 6.04 Å². The lowest BCUT2D eigenvalue weighted by Crippen LogP contribution is -2.49. The molecule has 0 aliphatic rings. The number of carbonyl (C=O) groups is 2. The summed E-state index contributed by atoms with van der Waals surface area (Å²) in [6.45, 7) is 6.98. The normalized spacial score (nSPS) is 11.7. The number of rotatable bonds is 9. The highest BCUT2D eigenvalue weighted by Gasteiger charge is 2.25. The molecule has 4 nitrogen and oxygen atoms in total. The maximum Gasteiger partial charge on any atom is 0.242 e. The highest BCUT2D eigenvalue weighted by molar-refractivity contribution is 5.88. The highest BCUT2D eigenvalue weighted by Crippen LogP contribution is 2.12. The summed E-state index contributed by atoms with van der Waals surface area (Å²) < 4.78 is 0. The Morgan fingerprint density at radius 3 is 2.37 bits per heavy atom. The predicted molar refractivity (Wildman–Crippen MR) is 110 cm³/mol. The lowest BCUT2D eigenvalue weighted by Gasteiger charge is -2.29. The fraction of sp³-hybridized carbons (Fsp3) is 0.391. The van der Waals surface area contributed by atoms with Crippen LogP contribution in [0, 0.1) is 6.92 Å². The average Bonchev–Trinajstić information content (AvgIpc) is 2.68. The zero-order chi connectivity index (χ0) is 19.6. The topological polar surface area (TPSA) is 49.4 Å². The van der Waals surface area contributed by atoms with Gasteiger partial charge in [0.2, 0.25) is 11.8 Å². The maximum absolute atomic E-state index is 13.1. The van der Waals surface area contributed by atoms with E-state index in [-0.39, 0.29) is 11.8 Å². The number of hydrogen-bond donors (Lipinski definition) is 1. The van der Waals surface area contributed by atoms with Crippen molar-refractivity contribution < 1.29 is 9.59 Å². The van der Waals surface area contributed by atoms with Crippen LogP contribution in [0.1, 0.15) is 37.0 Å². The van der Waals surface area contributed by atoms with E-state index in [1.807, 2.05) is 75.4 Å². The summed E-state index contributed by atoms with van der Waals surface area (Å²) in [7, 11) is 0. The molecule has 2 aromatic rings. The largest absolute Gasteiger partial charge is 0.354 e. The van der Waals surface area contributed by atoms with Gasteiger partial charge in [-0.3, -0.25) is 9.59 Å². The number of carbonyl (C=O) groups excluding carboxylic acids is 2. The van der Waals surface area contributed by atoms with Crippen molar-refractivity contribution in [1.82, 2.24) is 10.2 Å². The summed E-state index contributed by atoms with van der Waals surface area (Å²) in [5.74, 6) is -0.109. The Labute approximate surface area is 162 Å². The molecule has 0 radical (unpaired) electrons. The Balaban J connectivity index is 2.13. The Bertz CT molecular complexity index is 743. The van der Waals surface area contributed by atoms with Crippen molar-refractivity contribution in [2.45, 2.75) is 46.1 Å². The SMILES string of the molecule is CCCNC(=O)[C@H](C)N(CCc1ccccc1)C(=O)Cc1ccccc1C. The van der Waals surface area contributed by atoms with Crippen LogP contribution in [0.25, 0.3) is 0 Å². The van der Waals surface area contributed by atoms with Gasteiger partial charge in [-0.25, -0.2) is 0 Å². The highest BCUT2D eigenvalue weighted by atomic mass is 16.2.